The number of likely N-dealkylation sites (tertiary alicyclic amines) is 1. The van der Waals surface area contributed by atoms with Gasteiger partial charge in [0.15, 0.2) is 5.82 Å². The molecule has 1 unspecified atom stereocenters. The van der Waals surface area contributed by atoms with E-state index in [2.05, 4.69) is 20.4 Å². The van der Waals surface area contributed by atoms with Crippen molar-refractivity contribution >= 4 is 5.91 Å². The first-order valence-corrected chi connectivity index (χ1v) is 10.7. The monoisotopic (exact) mass is 430 g/mol. The fourth-order valence-corrected chi connectivity index (χ4v) is 4.59. The molecule has 2 aromatic rings. The van der Waals surface area contributed by atoms with Gasteiger partial charge in [0.25, 0.3) is 5.91 Å². The highest BCUT2D eigenvalue weighted by atomic mass is 16.5. The molecule has 0 saturated carbocycles. The van der Waals surface area contributed by atoms with Gasteiger partial charge in [-0.1, -0.05) is 6.07 Å². The maximum Gasteiger partial charge on any atom is 0.254 e. The first-order chi connectivity index (χ1) is 15.2. The minimum Gasteiger partial charge on any atom is -0.497 e. The quantitative estimate of drug-likeness (QED) is 0.636. The molecule has 0 spiro atoms. The van der Waals surface area contributed by atoms with Crippen LogP contribution in [0.3, 0.4) is 0 Å². The van der Waals surface area contributed by atoms with Crippen molar-refractivity contribution in [3.05, 3.63) is 35.7 Å². The Morgan fingerprint density at radius 3 is 2.84 bits per heavy atom. The first-order valence-electron chi connectivity index (χ1n) is 10.7. The zero-order chi connectivity index (χ0) is 21.7. The van der Waals surface area contributed by atoms with Gasteiger partial charge >= 0.3 is 0 Å². The van der Waals surface area contributed by atoms with Crippen LogP contribution in [-0.2, 0) is 21.6 Å². The first kappa shape index (κ1) is 21.7. The minimum atomic E-state index is -0.464. The van der Waals surface area contributed by atoms with Crippen LogP contribution < -0.4 is 4.74 Å². The van der Waals surface area contributed by atoms with E-state index in [0.29, 0.717) is 50.8 Å². The van der Waals surface area contributed by atoms with Crippen LogP contribution in [0.15, 0.2) is 24.3 Å². The van der Waals surface area contributed by atoms with Crippen LogP contribution in [0.5, 0.6) is 5.75 Å². The van der Waals surface area contributed by atoms with Crippen LogP contribution in [-0.4, -0.2) is 96.1 Å². The maximum absolute atomic E-state index is 13.4. The van der Waals surface area contributed by atoms with Crippen molar-refractivity contribution in [3.8, 4) is 5.75 Å². The number of tetrazole rings is 1. The van der Waals surface area contributed by atoms with E-state index in [1.807, 2.05) is 27.8 Å². The number of amides is 1. The summed E-state index contributed by atoms with van der Waals surface area (Å²) in [4.78, 5) is 17.7. The van der Waals surface area contributed by atoms with Gasteiger partial charge in [-0.15, -0.1) is 5.10 Å². The molecule has 0 aliphatic carbocycles. The minimum absolute atomic E-state index is 0.00727. The highest BCUT2D eigenvalue weighted by molar-refractivity contribution is 5.94. The van der Waals surface area contributed by atoms with Crippen LogP contribution >= 0.6 is 0 Å². The molecule has 4 rings (SSSR count). The van der Waals surface area contributed by atoms with Crippen LogP contribution in [0, 0.1) is 0 Å². The summed E-state index contributed by atoms with van der Waals surface area (Å²) in [5, 5.41) is 12.6. The number of hydrogen-bond donors (Lipinski definition) is 0. The summed E-state index contributed by atoms with van der Waals surface area (Å²) in [6, 6.07) is 7.31. The molecule has 2 aliphatic heterocycles. The number of carbonyl (C=O) groups excluding carboxylic acids is 1. The van der Waals surface area contributed by atoms with Gasteiger partial charge < -0.3 is 19.1 Å². The van der Waals surface area contributed by atoms with Crippen LogP contribution in [0.1, 0.15) is 29.0 Å². The van der Waals surface area contributed by atoms with Gasteiger partial charge in [0, 0.05) is 38.9 Å². The van der Waals surface area contributed by atoms with Crippen molar-refractivity contribution in [2.45, 2.75) is 24.9 Å². The fourth-order valence-electron chi connectivity index (χ4n) is 4.59. The zero-order valence-corrected chi connectivity index (χ0v) is 18.2. The average molecular weight is 431 g/mol. The second-order valence-electron chi connectivity index (χ2n) is 7.91. The van der Waals surface area contributed by atoms with E-state index in [9.17, 15) is 4.79 Å². The predicted molar refractivity (Wildman–Crippen MR) is 112 cm³/mol. The molecule has 0 radical (unpaired) electrons. The second-order valence-corrected chi connectivity index (χ2v) is 7.91. The normalized spacial score (nSPS) is 22.5. The number of piperidine rings is 1. The van der Waals surface area contributed by atoms with E-state index >= 15 is 0 Å². The van der Waals surface area contributed by atoms with Crippen molar-refractivity contribution in [2.75, 3.05) is 60.2 Å². The predicted octanol–water partition coefficient (Wildman–Crippen LogP) is 0.792. The number of hydrogen-bond acceptors (Lipinski definition) is 8. The number of nitrogens with zero attached hydrogens (tertiary/aromatic N) is 6. The molecule has 0 N–H and O–H groups in total. The number of morpholine rings is 1. The van der Waals surface area contributed by atoms with Crippen molar-refractivity contribution in [2.24, 2.45) is 0 Å². The molecule has 2 aliphatic rings. The number of rotatable bonds is 7. The lowest BCUT2D eigenvalue weighted by molar-refractivity contribution is -0.0573. The Labute approximate surface area is 182 Å². The molecule has 1 atom stereocenters. The number of carbonyl (C=O) groups is 1. The molecule has 1 aromatic heterocycles. The van der Waals surface area contributed by atoms with Gasteiger partial charge in [-0.25, -0.2) is 4.68 Å². The van der Waals surface area contributed by atoms with E-state index < -0.39 is 5.54 Å². The third kappa shape index (κ3) is 4.41. The molecule has 31 heavy (non-hydrogen) atoms. The molecule has 10 nitrogen and oxygen atoms in total. The lowest BCUT2D eigenvalue weighted by atomic mass is 9.85. The Morgan fingerprint density at radius 2 is 2.06 bits per heavy atom. The van der Waals surface area contributed by atoms with Crippen molar-refractivity contribution in [1.29, 1.82) is 0 Å². The summed E-state index contributed by atoms with van der Waals surface area (Å²) < 4.78 is 18.0. The molecule has 0 bridgehead atoms. The van der Waals surface area contributed by atoms with E-state index in [4.69, 9.17) is 14.2 Å². The smallest absolute Gasteiger partial charge is 0.254 e. The summed E-state index contributed by atoms with van der Waals surface area (Å²) in [5.74, 6) is 1.45. The Bertz CT molecular complexity index is 884. The summed E-state index contributed by atoms with van der Waals surface area (Å²) in [6.45, 7) is 5.17. The molecule has 2 saturated heterocycles. The third-order valence-electron chi connectivity index (χ3n) is 6.15. The third-order valence-corrected chi connectivity index (χ3v) is 6.15. The zero-order valence-electron chi connectivity index (χ0n) is 18.2. The largest absolute Gasteiger partial charge is 0.497 e. The molecule has 3 heterocycles. The van der Waals surface area contributed by atoms with Crippen molar-refractivity contribution in [1.82, 2.24) is 30.0 Å². The van der Waals surface area contributed by atoms with E-state index in [0.717, 1.165) is 31.8 Å². The molecule has 2 fully saturated rings. The molecule has 168 valence electrons. The van der Waals surface area contributed by atoms with Crippen LogP contribution in [0.25, 0.3) is 0 Å². The number of ether oxygens (including phenoxy) is 3. The van der Waals surface area contributed by atoms with Gasteiger partial charge in [0.05, 0.1) is 33.5 Å². The van der Waals surface area contributed by atoms with Gasteiger partial charge in [0.2, 0.25) is 0 Å². The maximum atomic E-state index is 13.4. The molecule has 10 heteroatoms. The number of aromatic nitrogens is 4. The number of benzene rings is 1. The van der Waals surface area contributed by atoms with Crippen molar-refractivity contribution in [3.63, 3.8) is 0 Å². The average Bonchev–Trinajstić information content (AvgIpc) is 3.32. The molecular formula is C21H30N6O4. The standard InChI is InChI=1S/C21H30N6O4/c1-29-12-11-27-20(22-23-24-27)21(26-9-13-31-14-10-26)7-4-8-25(16-21)19(28)17-5-3-6-18(15-17)30-2/h3,5-6,15H,4,7-14,16H2,1-2H3. The highest BCUT2D eigenvalue weighted by Gasteiger charge is 2.47. The Morgan fingerprint density at radius 1 is 1.23 bits per heavy atom. The summed E-state index contributed by atoms with van der Waals surface area (Å²) in [6.07, 6.45) is 1.74. The summed E-state index contributed by atoms with van der Waals surface area (Å²) in [7, 11) is 3.27. The van der Waals surface area contributed by atoms with Gasteiger partial charge in [-0.2, -0.15) is 0 Å². The Kier molecular flexibility index (Phi) is 6.79. The fraction of sp³-hybridized carbons (Fsp3) is 0.619. The summed E-state index contributed by atoms with van der Waals surface area (Å²) >= 11 is 0. The van der Waals surface area contributed by atoms with E-state index in [1.54, 1.807) is 20.3 Å². The molecule has 1 amide bonds. The van der Waals surface area contributed by atoms with E-state index in [1.165, 1.54) is 0 Å². The second kappa shape index (κ2) is 9.71. The lowest BCUT2D eigenvalue weighted by Gasteiger charge is -2.49. The highest BCUT2D eigenvalue weighted by Crippen LogP contribution is 2.37. The Balaban J connectivity index is 1.66. The molecule has 1 aromatic carbocycles. The van der Waals surface area contributed by atoms with Crippen LogP contribution in [0.4, 0.5) is 0 Å². The van der Waals surface area contributed by atoms with Crippen molar-refractivity contribution < 1.29 is 19.0 Å². The molecular weight excluding hydrogens is 400 g/mol. The Hall–Kier alpha value is -2.56. The summed E-state index contributed by atoms with van der Waals surface area (Å²) in [5.41, 5.74) is 0.157. The van der Waals surface area contributed by atoms with E-state index in [-0.39, 0.29) is 5.91 Å². The SMILES string of the molecule is COCCn1nnnc1C1(N2CCOCC2)CCCN(C(=O)c2cccc(OC)c2)C1. The number of methoxy groups -OCH3 is 2. The van der Waals surface area contributed by atoms with Gasteiger partial charge in [-0.05, 0) is 41.5 Å². The van der Waals surface area contributed by atoms with Gasteiger partial charge in [-0.3, -0.25) is 9.69 Å². The topological polar surface area (TPSA) is 94.8 Å². The van der Waals surface area contributed by atoms with Crippen LogP contribution in [0.2, 0.25) is 0 Å². The van der Waals surface area contributed by atoms with Gasteiger partial charge in [0.1, 0.15) is 11.3 Å². The lowest BCUT2D eigenvalue weighted by Crippen LogP contribution is -2.61.